The molecule has 22 heavy (non-hydrogen) atoms. The first-order valence-electron chi connectivity index (χ1n) is 6.72. The maximum absolute atomic E-state index is 12.8. The topological polar surface area (TPSA) is 61.4 Å². The number of rotatable bonds is 3. The van der Waals surface area contributed by atoms with Crippen molar-refractivity contribution in [3.05, 3.63) is 29.3 Å². The lowest BCUT2D eigenvalue weighted by atomic mass is 10.0. The third-order valence-corrected chi connectivity index (χ3v) is 4.70. The number of alkyl halides is 3. The van der Waals surface area contributed by atoms with Crippen LogP contribution in [0.1, 0.15) is 17.5 Å². The van der Waals surface area contributed by atoms with Gasteiger partial charge >= 0.3 is 12.2 Å². The van der Waals surface area contributed by atoms with Gasteiger partial charge in [-0.05, 0) is 36.8 Å². The fourth-order valence-electron chi connectivity index (χ4n) is 2.16. The molecule has 2 amide bonds. The van der Waals surface area contributed by atoms with Crippen molar-refractivity contribution in [1.29, 1.82) is 0 Å². The van der Waals surface area contributed by atoms with E-state index < -0.39 is 23.4 Å². The summed E-state index contributed by atoms with van der Waals surface area (Å²) in [6, 6.07) is 2.97. The summed E-state index contributed by atoms with van der Waals surface area (Å²) < 4.78 is 38.4. The first-order valence-corrected chi connectivity index (χ1v) is 7.88. The molecule has 122 valence electrons. The van der Waals surface area contributed by atoms with Crippen LogP contribution in [0.2, 0.25) is 0 Å². The zero-order valence-corrected chi connectivity index (χ0v) is 12.8. The second kappa shape index (κ2) is 6.37. The van der Waals surface area contributed by atoms with Crippen molar-refractivity contribution in [2.45, 2.75) is 25.1 Å². The number of thioether (sulfide) groups is 1. The zero-order chi connectivity index (χ0) is 16.4. The first kappa shape index (κ1) is 17.0. The molecule has 0 spiro atoms. The van der Waals surface area contributed by atoms with Crippen molar-refractivity contribution in [3.8, 4) is 0 Å². The molecule has 0 aliphatic carbocycles. The van der Waals surface area contributed by atoms with Crippen LogP contribution in [0.5, 0.6) is 0 Å². The molecule has 0 saturated carbocycles. The maximum atomic E-state index is 12.8. The van der Waals surface area contributed by atoms with Gasteiger partial charge in [-0.2, -0.15) is 24.9 Å². The molecule has 0 aromatic heterocycles. The van der Waals surface area contributed by atoms with Crippen molar-refractivity contribution in [2.75, 3.05) is 23.4 Å². The Hall–Kier alpha value is -1.41. The zero-order valence-electron chi connectivity index (χ0n) is 12.0. The van der Waals surface area contributed by atoms with E-state index in [0.29, 0.717) is 12.2 Å². The monoisotopic (exact) mass is 334 g/mol. The van der Waals surface area contributed by atoms with Gasteiger partial charge in [-0.3, -0.25) is 0 Å². The van der Waals surface area contributed by atoms with Gasteiger partial charge in [0.15, 0.2) is 0 Å². The second-order valence-corrected chi connectivity index (χ2v) is 6.47. The summed E-state index contributed by atoms with van der Waals surface area (Å²) in [4.78, 5) is 11.7. The predicted molar refractivity (Wildman–Crippen MR) is 80.1 cm³/mol. The molecule has 1 heterocycles. The molecule has 1 unspecified atom stereocenters. The molecular weight excluding hydrogens is 317 g/mol. The highest BCUT2D eigenvalue weighted by molar-refractivity contribution is 7.99. The Morgan fingerprint density at radius 2 is 2.18 bits per heavy atom. The van der Waals surface area contributed by atoms with Crippen LogP contribution in [-0.2, 0) is 6.18 Å². The van der Waals surface area contributed by atoms with E-state index in [1.807, 2.05) is 0 Å². The van der Waals surface area contributed by atoms with Crippen LogP contribution >= 0.6 is 11.8 Å². The average molecular weight is 334 g/mol. The maximum Gasteiger partial charge on any atom is 0.416 e. The molecular formula is C14H17F3N2O2S. The van der Waals surface area contributed by atoms with Crippen LogP contribution < -0.4 is 10.6 Å². The Labute approximate surface area is 130 Å². The van der Waals surface area contributed by atoms with Gasteiger partial charge in [0.05, 0.1) is 11.2 Å². The molecule has 1 fully saturated rings. The van der Waals surface area contributed by atoms with Crippen molar-refractivity contribution < 1.29 is 23.1 Å². The van der Waals surface area contributed by atoms with Crippen LogP contribution in [0.25, 0.3) is 0 Å². The number of carbonyl (C=O) groups excluding carboxylic acids is 1. The number of hydrogen-bond acceptors (Lipinski definition) is 3. The number of amides is 2. The minimum Gasteiger partial charge on any atom is -0.387 e. The van der Waals surface area contributed by atoms with E-state index in [-0.39, 0.29) is 17.8 Å². The second-order valence-electron chi connectivity index (χ2n) is 5.36. The van der Waals surface area contributed by atoms with Gasteiger partial charge in [-0.1, -0.05) is 6.07 Å². The lowest BCUT2D eigenvalue weighted by molar-refractivity contribution is -0.138. The van der Waals surface area contributed by atoms with Crippen LogP contribution in [0.4, 0.5) is 23.7 Å². The number of urea groups is 1. The normalized spacial score (nSPS) is 21.7. The van der Waals surface area contributed by atoms with E-state index in [1.54, 1.807) is 11.8 Å². The standard InChI is InChI=1S/C14H17F3N2O2S/c1-9-2-3-10(6-11(9)14(15,16)17)19-12(20)18-7-13(21)4-5-22-8-13/h2-3,6,21H,4-5,7-8H2,1H3,(H2,18,19,20). The number of aryl methyl sites for hydroxylation is 1. The van der Waals surface area contributed by atoms with Gasteiger partial charge in [-0.15, -0.1) is 0 Å². The smallest absolute Gasteiger partial charge is 0.387 e. The van der Waals surface area contributed by atoms with Crippen LogP contribution in [-0.4, -0.2) is 34.8 Å². The number of nitrogens with one attached hydrogen (secondary N) is 2. The van der Waals surface area contributed by atoms with E-state index in [4.69, 9.17) is 0 Å². The number of hydrogen-bond donors (Lipinski definition) is 3. The fourth-order valence-corrected chi connectivity index (χ4v) is 3.46. The van der Waals surface area contributed by atoms with Gasteiger partial charge in [0.1, 0.15) is 0 Å². The van der Waals surface area contributed by atoms with E-state index in [1.165, 1.54) is 19.1 Å². The number of benzene rings is 1. The molecule has 4 nitrogen and oxygen atoms in total. The van der Waals surface area contributed by atoms with Crippen molar-refractivity contribution in [2.24, 2.45) is 0 Å². The molecule has 1 aromatic rings. The molecule has 2 rings (SSSR count). The Balaban J connectivity index is 1.97. The molecule has 3 N–H and O–H groups in total. The van der Waals surface area contributed by atoms with Gasteiger partial charge in [0.25, 0.3) is 0 Å². The molecule has 1 aromatic carbocycles. The Morgan fingerprint density at radius 1 is 1.45 bits per heavy atom. The molecule has 0 bridgehead atoms. The number of aliphatic hydroxyl groups is 1. The van der Waals surface area contributed by atoms with Crippen molar-refractivity contribution in [3.63, 3.8) is 0 Å². The number of halogens is 3. The largest absolute Gasteiger partial charge is 0.416 e. The SMILES string of the molecule is Cc1ccc(NC(=O)NCC2(O)CCSC2)cc1C(F)(F)F. The van der Waals surface area contributed by atoms with Crippen LogP contribution in [0.15, 0.2) is 18.2 Å². The predicted octanol–water partition coefficient (Wildman–Crippen LogP) is 3.00. The minimum absolute atomic E-state index is 0.0585. The molecule has 1 aliphatic rings. The van der Waals surface area contributed by atoms with Crippen molar-refractivity contribution >= 4 is 23.5 Å². The highest BCUT2D eigenvalue weighted by Crippen LogP contribution is 2.33. The highest BCUT2D eigenvalue weighted by Gasteiger charge is 2.33. The Kier molecular flexibility index (Phi) is 4.91. The Bertz CT molecular complexity index is 558. The van der Waals surface area contributed by atoms with E-state index in [0.717, 1.165) is 11.8 Å². The average Bonchev–Trinajstić information content (AvgIpc) is 2.85. The molecule has 1 saturated heterocycles. The molecule has 8 heteroatoms. The number of carbonyl (C=O) groups is 1. The third-order valence-electron chi connectivity index (χ3n) is 3.46. The van der Waals surface area contributed by atoms with Crippen molar-refractivity contribution in [1.82, 2.24) is 5.32 Å². The van der Waals surface area contributed by atoms with Gasteiger partial charge in [0.2, 0.25) is 0 Å². The summed E-state index contributed by atoms with van der Waals surface area (Å²) in [5.74, 6) is 1.36. The summed E-state index contributed by atoms with van der Waals surface area (Å²) in [6.45, 7) is 1.43. The summed E-state index contributed by atoms with van der Waals surface area (Å²) in [5.41, 5.74) is -1.57. The summed E-state index contributed by atoms with van der Waals surface area (Å²) in [5, 5.41) is 14.9. The summed E-state index contributed by atoms with van der Waals surface area (Å²) in [7, 11) is 0. The molecule has 1 aliphatic heterocycles. The summed E-state index contributed by atoms with van der Waals surface area (Å²) in [6.07, 6.45) is -3.88. The van der Waals surface area contributed by atoms with Crippen LogP contribution in [0.3, 0.4) is 0 Å². The van der Waals surface area contributed by atoms with Gasteiger partial charge in [-0.25, -0.2) is 4.79 Å². The van der Waals surface area contributed by atoms with E-state index in [2.05, 4.69) is 10.6 Å². The fraction of sp³-hybridized carbons (Fsp3) is 0.500. The summed E-state index contributed by atoms with van der Waals surface area (Å²) >= 11 is 1.60. The Morgan fingerprint density at radius 3 is 2.77 bits per heavy atom. The molecule has 1 atom stereocenters. The highest BCUT2D eigenvalue weighted by atomic mass is 32.2. The lowest BCUT2D eigenvalue weighted by Gasteiger charge is -2.21. The van der Waals surface area contributed by atoms with Gasteiger partial charge < -0.3 is 15.7 Å². The lowest BCUT2D eigenvalue weighted by Crippen LogP contribution is -2.44. The van der Waals surface area contributed by atoms with E-state index in [9.17, 15) is 23.1 Å². The number of anilines is 1. The van der Waals surface area contributed by atoms with E-state index >= 15 is 0 Å². The minimum atomic E-state index is -4.46. The molecule has 0 radical (unpaired) electrons. The van der Waals surface area contributed by atoms with Gasteiger partial charge in [0, 0.05) is 18.0 Å². The first-order chi connectivity index (χ1) is 10.2. The quantitative estimate of drug-likeness (QED) is 0.796. The third kappa shape index (κ3) is 4.30. The van der Waals surface area contributed by atoms with Crippen LogP contribution in [0, 0.1) is 6.92 Å².